The van der Waals surface area contributed by atoms with Crippen molar-refractivity contribution in [3.8, 4) is 0 Å². The summed E-state index contributed by atoms with van der Waals surface area (Å²) in [6.07, 6.45) is 6.59. The molecule has 0 spiro atoms. The van der Waals surface area contributed by atoms with Crippen LogP contribution in [0.25, 0.3) is 0 Å². The van der Waals surface area contributed by atoms with Gasteiger partial charge in [-0.25, -0.2) is 4.79 Å². The number of hydrogen-bond acceptors (Lipinski definition) is 3. The number of methoxy groups -OCH3 is 1. The van der Waals surface area contributed by atoms with Gasteiger partial charge in [0.25, 0.3) is 5.91 Å². The molecule has 4 rings (SSSR count). The molecule has 0 aromatic heterocycles. The number of benzene rings is 1. The maximum absolute atomic E-state index is 12.5. The number of carbonyl (C=O) groups is 2. The van der Waals surface area contributed by atoms with E-state index in [0.29, 0.717) is 23.1 Å². The number of rotatable bonds is 3. The predicted molar refractivity (Wildman–Crippen MR) is 86.1 cm³/mol. The van der Waals surface area contributed by atoms with Crippen LogP contribution in [0, 0.1) is 23.7 Å². The number of carbonyl (C=O) groups excluding carboxylic acids is 2. The van der Waals surface area contributed by atoms with Gasteiger partial charge in [-0.1, -0.05) is 6.42 Å². The minimum Gasteiger partial charge on any atom is -0.465 e. The minimum absolute atomic E-state index is 0.0199. The minimum atomic E-state index is -0.377. The lowest BCUT2D eigenvalue weighted by Gasteiger charge is -2.32. The standard InChI is InChI=1S/C19H23NO3/c1-23-19(22)12-7-5-11(6-8-12)18(21)20-17-10-13-9-16(17)15-4-2-3-14(13)15/h5-8,13-17H,2-4,9-10H2,1H3,(H,20,21). The number of esters is 1. The van der Waals surface area contributed by atoms with Gasteiger partial charge < -0.3 is 10.1 Å². The van der Waals surface area contributed by atoms with Gasteiger partial charge >= 0.3 is 5.97 Å². The van der Waals surface area contributed by atoms with Crippen molar-refractivity contribution in [3.63, 3.8) is 0 Å². The second-order valence-electron chi connectivity index (χ2n) is 7.30. The highest BCUT2D eigenvalue weighted by atomic mass is 16.5. The average Bonchev–Trinajstić information content (AvgIpc) is 3.27. The maximum Gasteiger partial charge on any atom is 0.337 e. The highest BCUT2D eigenvalue weighted by molar-refractivity contribution is 5.96. The molecule has 2 bridgehead atoms. The Bertz CT molecular complexity index is 624. The second-order valence-corrected chi connectivity index (χ2v) is 7.30. The van der Waals surface area contributed by atoms with E-state index in [2.05, 4.69) is 10.1 Å². The third kappa shape index (κ3) is 2.44. The Morgan fingerprint density at radius 2 is 1.70 bits per heavy atom. The molecule has 0 aliphatic heterocycles. The molecule has 23 heavy (non-hydrogen) atoms. The van der Waals surface area contributed by atoms with Gasteiger partial charge in [0.2, 0.25) is 0 Å². The van der Waals surface area contributed by atoms with E-state index < -0.39 is 0 Å². The molecule has 1 amide bonds. The molecule has 0 radical (unpaired) electrons. The quantitative estimate of drug-likeness (QED) is 0.873. The van der Waals surface area contributed by atoms with Crippen LogP contribution >= 0.6 is 0 Å². The van der Waals surface area contributed by atoms with E-state index in [4.69, 9.17) is 0 Å². The Morgan fingerprint density at radius 1 is 1.00 bits per heavy atom. The molecule has 3 aliphatic carbocycles. The van der Waals surface area contributed by atoms with Crippen molar-refractivity contribution in [3.05, 3.63) is 35.4 Å². The molecule has 5 unspecified atom stereocenters. The molecule has 3 fully saturated rings. The van der Waals surface area contributed by atoms with E-state index >= 15 is 0 Å². The first-order valence-electron chi connectivity index (χ1n) is 8.66. The van der Waals surface area contributed by atoms with Crippen LogP contribution in [0.1, 0.15) is 52.8 Å². The van der Waals surface area contributed by atoms with Crippen molar-refractivity contribution < 1.29 is 14.3 Å². The fraction of sp³-hybridized carbons (Fsp3) is 0.579. The zero-order valence-electron chi connectivity index (χ0n) is 13.5. The maximum atomic E-state index is 12.5. The largest absolute Gasteiger partial charge is 0.465 e. The summed E-state index contributed by atoms with van der Waals surface area (Å²) >= 11 is 0. The van der Waals surface area contributed by atoms with E-state index in [0.717, 1.165) is 24.2 Å². The third-order valence-corrected chi connectivity index (χ3v) is 6.31. The molecular formula is C19H23NO3. The summed E-state index contributed by atoms with van der Waals surface area (Å²) in [5.41, 5.74) is 1.08. The number of fused-ring (bicyclic) bond motifs is 5. The van der Waals surface area contributed by atoms with Gasteiger partial charge in [0.15, 0.2) is 0 Å². The van der Waals surface area contributed by atoms with Gasteiger partial charge in [0.1, 0.15) is 0 Å². The summed E-state index contributed by atoms with van der Waals surface area (Å²) in [5.74, 6) is 2.91. The normalized spacial score (nSPS) is 34.2. The molecule has 3 saturated carbocycles. The summed E-state index contributed by atoms with van der Waals surface area (Å²) in [4.78, 5) is 23.9. The topological polar surface area (TPSA) is 55.4 Å². The van der Waals surface area contributed by atoms with Gasteiger partial charge in [-0.15, -0.1) is 0 Å². The molecule has 1 aromatic carbocycles. The first-order chi connectivity index (χ1) is 11.2. The van der Waals surface area contributed by atoms with Crippen LogP contribution in [-0.2, 0) is 4.74 Å². The SMILES string of the molecule is COC(=O)c1ccc(C(=O)NC2CC3CC2C2CCCC32)cc1. The van der Waals surface area contributed by atoms with Gasteiger partial charge in [0, 0.05) is 11.6 Å². The van der Waals surface area contributed by atoms with Crippen LogP contribution in [0.15, 0.2) is 24.3 Å². The molecule has 0 saturated heterocycles. The predicted octanol–water partition coefficient (Wildman–Crippen LogP) is 3.03. The van der Waals surface area contributed by atoms with Gasteiger partial charge in [-0.05, 0) is 73.6 Å². The van der Waals surface area contributed by atoms with Crippen LogP contribution in [0.2, 0.25) is 0 Å². The summed E-state index contributed by atoms with van der Waals surface area (Å²) < 4.78 is 4.68. The Morgan fingerprint density at radius 3 is 2.43 bits per heavy atom. The van der Waals surface area contributed by atoms with Crippen LogP contribution < -0.4 is 5.32 Å². The zero-order valence-corrected chi connectivity index (χ0v) is 13.5. The lowest BCUT2D eigenvalue weighted by atomic mass is 9.79. The number of ether oxygens (including phenoxy) is 1. The van der Waals surface area contributed by atoms with Gasteiger partial charge in [-0.2, -0.15) is 0 Å². The second kappa shape index (κ2) is 5.66. The monoisotopic (exact) mass is 313 g/mol. The van der Waals surface area contributed by atoms with Crippen molar-refractivity contribution in [2.45, 2.75) is 38.1 Å². The number of hydrogen-bond donors (Lipinski definition) is 1. The summed E-state index contributed by atoms with van der Waals surface area (Å²) in [6.45, 7) is 0. The third-order valence-electron chi connectivity index (χ3n) is 6.31. The van der Waals surface area contributed by atoms with Crippen LogP contribution in [0.4, 0.5) is 0 Å². The van der Waals surface area contributed by atoms with Crippen LogP contribution in [0.3, 0.4) is 0 Å². The Balaban J connectivity index is 1.42. The van der Waals surface area contributed by atoms with Crippen molar-refractivity contribution in [1.82, 2.24) is 5.32 Å². The molecule has 1 aromatic rings. The van der Waals surface area contributed by atoms with E-state index in [9.17, 15) is 9.59 Å². The van der Waals surface area contributed by atoms with Crippen LogP contribution in [-0.4, -0.2) is 25.0 Å². The summed E-state index contributed by atoms with van der Waals surface area (Å²) in [7, 11) is 1.36. The Hall–Kier alpha value is -1.84. The average molecular weight is 313 g/mol. The van der Waals surface area contributed by atoms with E-state index in [1.54, 1.807) is 24.3 Å². The van der Waals surface area contributed by atoms with Gasteiger partial charge in [-0.3, -0.25) is 4.79 Å². The summed E-state index contributed by atoms with van der Waals surface area (Å²) in [5, 5.41) is 3.25. The lowest BCUT2D eigenvalue weighted by Crippen LogP contribution is -2.42. The van der Waals surface area contributed by atoms with E-state index in [1.165, 1.54) is 32.8 Å². The number of nitrogens with one attached hydrogen (secondary N) is 1. The van der Waals surface area contributed by atoms with Crippen LogP contribution in [0.5, 0.6) is 0 Å². The van der Waals surface area contributed by atoms with Crippen molar-refractivity contribution >= 4 is 11.9 Å². The Labute approximate surface area is 136 Å². The summed E-state index contributed by atoms with van der Waals surface area (Å²) in [6, 6.07) is 7.04. The van der Waals surface area contributed by atoms with Crippen molar-refractivity contribution in [2.24, 2.45) is 23.7 Å². The van der Waals surface area contributed by atoms with Crippen molar-refractivity contribution in [2.75, 3.05) is 7.11 Å². The fourth-order valence-corrected chi connectivity index (χ4v) is 5.36. The number of amides is 1. The molecule has 4 nitrogen and oxygen atoms in total. The first-order valence-corrected chi connectivity index (χ1v) is 8.66. The van der Waals surface area contributed by atoms with Crippen molar-refractivity contribution in [1.29, 1.82) is 0 Å². The Kier molecular flexibility index (Phi) is 3.63. The molecule has 5 atom stereocenters. The molecule has 3 aliphatic rings. The highest BCUT2D eigenvalue weighted by Crippen LogP contribution is 2.58. The fourth-order valence-electron chi connectivity index (χ4n) is 5.36. The zero-order chi connectivity index (χ0) is 16.0. The smallest absolute Gasteiger partial charge is 0.337 e. The van der Waals surface area contributed by atoms with E-state index in [1.807, 2.05) is 0 Å². The lowest BCUT2D eigenvalue weighted by molar-refractivity contribution is 0.0600. The molecular weight excluding hydrogens is 290 g/mol. The molecule has 1 N–H and O–H groups in total. The van der Waals surface area contributed by atoms with E-state index in [-0.39, 0.29) is 11.9 Å². The molecule has 4 heteroatoms. The van der Waals surface area contributed by atoms with Gasteiger partial charge in [0.05, 0.1) is 12.7 Å². The first kappa shape index (κ1) is 14.7. The molecule has 122 valence electrons. The highest BCUT2D eigenvalue weighted by Gasteiger charge is 2.54. The molecule has 0 heterocycles.